The molecule has 0 spiro atoms. The second-order valence-corrected chi connectivity index (χ2v) is 7.40. The number of carboxylic acids is 1. The molecule has 0 saturated carbocycles. The van der Waals surface area contributed by atoms with Gasteiger partial charge in [0, 0.05) is 26.6 Å². The zero-order valence-corrected chi connectivity index (χ0v) is 16.0. The molecule has 0 aliphatic rings. The zero-order valence-electron chi connectivity index (χ0n) is 12.9. The van der Waals surface area contributed by atoms with Gasteiger partial charge in [-0.05, 0) is 36.4 Å². The van der Waals surface area contributed by atoms with Crippen LogP contribution in [0.5, 0.6) is 0 Å². The second kappa shape index (κ2) is 7.68. The van der Waals surface area contributed by atoms with Crippen LogP contribution in [0.1, 0.15) is 20.7 Å². The van der Waals surface area contributed by atoms with Gasteiger partial charge in [-0.15, -0.1) is 11.3 Å². The molecule has 2 aromatic carbocycles. The van der Waals surface area contributed by atoms with Crippen LogP contribution in [0.3, 0.4) is 0 Å². The van der Waals surface area contributed by atoms with Gasteiger partial charge < -0.3 is 10.4 Å². The molecule has 4 nitrogen and oxygen atoms in total. The number of carboxylic acid groups (broad SMARTS) is 1. The van der Waals surface area contributed by atoms with E-state index in [4.69, 9.17) is 34.8 Å². The Morgan fingerprint density at radius 3 is 2.23 bits per heavy atom. The molecule has 0 fully saturated rings. The minimum Gasteiger partial charge on any atom is -0.478 e. The summed E-state index contributed by atoms with van der Waals surface area (Å²) in [5.41, 5.74) is 1.07. The van der Waals surface area contributed by atoms with Crippen molar-refractivity contribution in [3.8, 4) is 10.4 Å². The molecule has 1 aromatic heterocycles. The molecule has 0 aliphatic carbocycles. The Balaban J connectivity index is 1.98. The number of aromatic carboxylic acids is 1. The highest BCUT2D eigenvalue weighted by Gasteiger charge is 2.22. The van der Waals surface area contributed by atoms with Crippen LogP contribution in [0.15, 0.2) is 47.8 Å². The second-order valence-electron chi connectivity index (χ2n) is 5.24. The van der Waals surface area contributed by atoms with Gasteiger partial charge in [-0.25, -0.2) is 4.79 Å². The van der Waals surface area contributed by atoms with Crippen molar-refractivity contribution < 1.29 is 14.7 Å². The van der Waals surface area contributed by atoms with E-state index >= 15 is 0 Å². The smallest absolute Gasteiger partial charge is 0.339 e. The van der Waals surface area contributed by atoms with Crippen molar-refractivity contribution in [1.29, 1.82) is 0 Å². The first kappa shape index (κ1) is 18.7. The lowest BCUT2D eigenvalue weighted by Gasteiger charge is -2.07. The van der Waals surface area contributed by atoms with Crippen LogP contribution in [-0.4, -0.2) is 17.0 Å². The Bertz CT molecular complexity index is 999. The fourth-order valence-corrected chi connectivity index (χ4v) is 4.05. The van der Waals surface area contributed by atoms with Crippen molar-refractivity contribution in [2.24, 2.45) is 0 Å². The summed E-state index contributed by atoms with van der Waals surface area (Å²) in [6.45, 7) is 0. The van der Waals surface area contributed by atoms with Gasteiger partial charge in [0.2, 0.25) is 0 Å². The molecule has 1 amide bonds. The van der Waals surface area contributed by atoms with Crippen molar-refractivity contribution in [2.75, 3.05) is 5.32 Å². The number of anilines is 1. The first-order valence-corrected chi connectivity index (χ1v) is 9.25. The molecular formula is C18H10Cl3NO3S. The molecule has 0 radical (unpaired) electrons. The van der Waals surface area contributed by atoms with E-state index in [9.17, 15) is 14.7 Å². The van der Waals surface area contributed by atoms with Crippen molar-refractivity contribution >= 4 is 63.7 Å². The maximum absolute atomic E-state index is 12.4. The zero-order chi connectivity index (χ0) is 18.8. The van der Waals surface area contributed by atoms with E-state index in [1.165, 1.54) is 17.4 Å². The molecule has 0 bridgehead atoms. The van der Waals surface area contributed by atoms with E-state index in [1.807, 2.05) is 0 Å². The van der Waals surface area contributed by atoms with E-state index in [-0.39, 0.29) is 11.3 Å². The summed E-state index contributed by atoms with van der Waals surface area (Å²) in [4.78, 5) is 24.6. The Kier molecular flexibility index (Phi) is 5.53. The highest BCUT2D eigenvalue weighted by Crippen LogP contribution is 2.40. The molecule has 132 valence electrons. The highest BCUT2D eigenvalue weighted by molar-refractivity contribution is 7.14. The van der Waals surface area contributed by atoms with Crippen molar-refractivity contribution in [3.05, 3.63) is 74.0 Å². The Morgan fingerprint density at radius 1 is 0.962 bits per heavy atom. The predicted octanol–water partition coefficient (Wildman–Crippen LogP) is 6.33. The molecule has 0 aliphatic heterocycles. The summed E-state index contributed by atoms with van der Waals surface area (Å²) in [6.07, 6.45) is 0. The number of thiophene rings is 1. The lowest BCUT2D eigenvalue weighted by molar-refractivity contribution is 0.0699. The molecule has 3 aromatic rings. The minimum atomic E-state index is -1.17. The summed E-state index contributed by atoms with van der Waals surface area (Å²) in [5.74, 6) is -1.60. The molecule has 3 rings (SSSR count). The Hall–Kier alpha value is -2.05. The molecule has 1 heterocycles. The minimum absolute atomic E-state index is 0.0264. The van der Waals surface area contributed by atoms with Crippen LogP contribution in [-0.2, 0) is 0 Å². The predicted molar refractivity (Wildman–Crippen MR) is 106 cm³/mol. The molecule has 2 N–H and O–H groups in total. The first-order chi connectivity index (χ1) is 12.4. The third-order valence-corrected chi connectivity index (χ3v) is 5.35. The van der Waals surface area contributed by atoms with Gasteiger partial charge in [-0.3, -0.25) is 4.79 Å². The summed E-state index contributed by atoms with van der Waals surface area (Å²) >= 11 is 19.1. The van der Waals surface area contributed by atoms with Gasteiger partial charge >= 0.3 is 5.97 Å². The normalized spacial score (nSPS) is 10.6. The van der Waals surface area contributed by atoms with Crippen LogP contribution in [0.4, 0.5) is 5.69 Å². The van der Waals surface area contributed by atoms with Crippen LogP contribution in [0, 0.1) is 0 Å². The van der Waals surface area contributed by atoms with Gasteiger partial charge in [-0.2, -0.15) is 0 Å². The molecule has 0 saturated heterocycles. The number of halogens is 3. The molecular weight excluding hydrogens is 417 g/mol. The summed E-state index contributed by atoms with van der Waals surface area (Å²) in [5, 5.41) is 15.1. The van der Waals surface area contributed by atoms with Crippen molar-refractivity contribution in [1.82, 2.24) is 0 Å². The molecule has 0 atom stereocenters. The number of carbonyl (C=O) groups excluding carboxylic acids is 1. The molecule has 0 unspecified atom stereocenters. The average Bonchev–Trinajstić information content (AvgIpc) is 2.99. The van der Waals surface area contributed by atoms with Gasteiger partial charge in [-0.1, -0.05) is 40.9 Å². The van der Waals surface area contributed by atoms with Gasteiger partial charge in [0.1, 0.15) is 5.56 Å². The maximum Gasteiger partial charge on any atom is 0.339 e. The lowest BCUT2D eigenvalue weighted by Crippen LogP contribution is -2.13. The van der Waals surface area contributed by atoms with Gasteiger partial charge in [0.25, 0.3) is 5.91 Å². The number of hydrogen-bond donors (Lipinski definition) is 2. The third-order valence-electron chi connectivity index (χ3n) is 3.54. The Morgan fingerprint density at radius 2 is 1.62 bits per heavy atom. The summed E-state index contributed by atoms with van der Waals surface area (Å²) in [6, 6.07) is 11.1. The Labute approximate surface area is 167 Å². The van der Waals surface area contributed by atoms with Crippen LogP contribution >= 0.6 is 46.1 Å². The largest absolute Gasteiger partial charge is 0.478 e. The SMILES string of the molecule is O=C(Nc1csc(-c2ccc(Cl)cc2Cl)c1C(=O)O)c1ccc(Cl)cc1. The third kappa shape index (κ3) is 3.86. The van der Waals surface area contributed by atoms with Gasteiger partial charge in [0.15, 0.2) is 0 Å². The molecule has 8 heteroatoms. The summed E-state index contributed by atoms with van der Waals surface area (Å²) in [7, 11) is 0. The van der Waals surface area contributed by atoms with Crippen molar-refractivity contribution in [3.63, 3.8) is 0 Å². The fraction of sp³-hybridized carbons (Fsp3) is 0. The number of nitrogens with one attached hydrogen (secondary N) is 1. The monoisotopic (exact) mass is 425 g/mol. The van der Waals surface area contributed by atoms with E-state index < -0.39 is 11.9 Å². The number of benzene rings is 2. The lowest BCUT2D eigenvalue weighted by atomic mass is 10.1. The number of carbonyl (C=O) groups is 2. The molecule has 26 heavy (non-hydrogen) atoms. The highest BCUT2D eigenvalue weighted by atomic mass is 35.5. The number of hydrogen-bond acceptors (Lipinski definition) is 3. The van der Waals surface area contributed by atoms with Crippen molar-refractivity contribution in [2.45, 2.75) is 0 Å². The maximum atomic E-state index is 12.4. The van der Waals surface area contributed by atoms with Gasteiger partial charge in [0.05, 0.1) is 15.6 Å². The van der Waals surface area contributed by atoms with Crippen LogP contribution in [0.2, 0.25) is 15.1 Å². The average molecular weight is 427 g/mol. The topological polar surface area (TPSA) is 66.4 Å². The quantitative estimate of drug-likeness (QED) is 0.512. The fourth-order valence-electron chi connectivity index (χ4n) is 2.33. The van der Waals surface area contributed by atoms with Crippen LogP contribution < -0.4 is 5.32 Å². The van der Waals surface area contributed by atoms with E-state index in [2.05, 4.69) is 5.32 Å². The standard InChI is InChI=1S/C18H10Cl3NO3S/c19-10-3-1-9(2-4-10)17(23)22-14-8-26-16(15(14)18(24)25)12-6-5-11(20)7-13(12)21/h1-8H,(H,22,23)(H,24,25). The number of amides is 1. The van der Waals surface area contributed by atoms with E-state index in [0.29, 0.717) is 31.1 Å². The first-order valence-electron chi connectivity index (χ1n) is 7.24. The van der Waals surface area contributed by atoms with E-state index in [1.54, 1.807) is 41.8 Å². The number of rotatable bonds is 4. The van der Waals surface area contributed by atoms with E-state index in [0.717, 1.165) is 0 Å². The van der Waals surface area contributed by atoms with Crippen LogP contribution in [0.25, 0.3) is 10.4 Å². The summed E-state index contributed by atoms with van der Waals surface area (Å²) < 4.78 is 0.